The summed E-state index contributed by atoms with van der Waals surface area (Å²) in [4.78, 5) is 11.2. The lowest BCUT2D eigenvalue weighted by Gasteiger charge is -2.20. The fourth-order valence-corrected chi connectivity index (χ4v) is 1.53. The van der Waals surface area contributed by atoms with E-state index in [-0.39, 0.29) is 0 Å². The predicted octanol–water partition coefficient (Wildman–Crippen LogP) is 2.69. The van der Waals surface area contributed by atoms with Gasteiger partial charge in [-0.05, 0) is 23.9 Å². The zero-order valence-corrected chi connectivity index (χ0v) is 10.7. The molecule has 0 aliphatic rings. The average molecular weight is 235 g/mol. The molecule has 0 heterocycles. The molecule has 94 valence electrons. The van der Waals surface area contributed by atoms with Crippen LogP contribution in [0.4, 0.5) is 0 Å². The molecule has 1 aromatic carbocycles. The van der Waals surface area contributed by atoms with E-state index in [2.05, 4.69) is 26.1 Å². The van der Waals surface area contributed by atoms with Gasteiger partial charge in [-0.15, -0.1) is 0 Å². The van der Waals surface area contributed by atoms with Gasteiger partial charge < -0.3 is 10.4 Å². The van der Waals surface area contributed by atoms with Crippen LogP contribution in [-0.2, 0) is 4.79 Å². The summed E-state index contributed by atoms with van der Waals surface area (Å²) in [5.41, 5.74) is 0.802. The van der Waals surface area contributed by atoms with Crippen molar-refractivity contribution in [1.29, 1.82) is 0 Å². The molecule has 2 unspecified atom stereocenters. The summed E-state index contributed by atoms with van der Waals surface area (Å²) in [7, 11) is 0. The summed E-state index contributed by atoms with van der Waals surface area (Å²) in [6, 6.07) is 8.67. The molecule has 3 heteroatoms. The van der Waals surface area contributed by atoms with Crippen LogP contribution in [0.25, 0.3) is 0 Å². The molecule has 0 aromatic heterocycles. The molecule has 0 bridgehead atoms. The van der Waals surface area contributed by atoms with Crippen molar-refractivity contribution in [3.05, 3.63) is 35.9 Å². The number of hydrogen-bond acceptors (Lipinski definition) is 2. The molecule has 17 heavy (non-hydrogen) atoms. The van der Waals surface area contributed by atoms with E-state index in [1.54, 1.807) is 0 Å². The minimum Gasteiger partial charge on any atom is -0.480 e. The Bertz CT molecular complexity index is 348. The van der Waals surface area contributed by atoms with Crippen LogP contribution in [0.15, 0.2) is 30.3 Å². The molecule has 2 atom stereocenters. The molecule has 0 spiro atoms. The lowest BCUT2D eigenvalue weighted by Crippen LogP contribution is -2.33. The highest BCUT2D eigenvalue weighted by Crippen LogP contribution is 2.15. The Labute approximate surface area is 103 Å². The first-order valence-electron chi connectivity index (χ1n) is 6.03. The Morgan fingerprint density at radius 1 is 1.24 bits per heavy atom. The second kappa shape index (κ2) is 6.40. The lowest BCUT2D eigenvalue weighted by molar-refractivity contribution is -0.139. The van der Waals surface area contributed by atoms with Crippen LogP contribution in [0.5, 0.6) is 0 Å². The maximum Gasteiger partial charge on any atom is 0.325 e. The first-order valence-corrected chi connectivity index (χ1v) is 6.03. The van der Waals surface area contributed by atoms with Crippen molar-refractivity contribution >= 4 is 5.97 Å². The van der Waals surface area contributed by atoms with E-state index in [1.165, 1.54) is 0 Å². The van der Waals surface area contributed by atoms with Gasteiger partial charge in [0.15, 0.2) is 0 Å². The summed E-state index contributed by atoms with van der Waals surface area (Å²) in [5, 5.41) is 12.3. The van der Waals surface area contributed by atoms with Crippen LogP contribution < -0.4 is 5.32 Å². The van der Waals surface area contributed by atoms with E-state index in [9.17, 15) is 9.90 Å². The third kappa shape index (κ3) is 4.19. The first kappa shape index (κ1) is 13.7. The standard InChI is InChI=1S/C14H21NO2/c1-10(2)11(3)9-15-13(14(16)17)12-7-5-4-6-8-12/h4-8,10-11,13,15H,9H2,1-3H3,(H,16,17). The summed E-state index contributed by atoms with van der Waals surface area (Å²) < 4.78 is 0. The molecule has 0 radical (unpaired) electrons. The first-order chi connectivity index (χ1) is 8.02. The third-order valence-corrected chi connectivity index (χ3v) is 3.16. The maximum absolute atomic E-state index is 11.2. The molecular formula is C14H21NO2. The summed E-state index contributed by atoms with van der Waals surface area (Å²) in [6.45, 7) is 7.13. The van der Waals surface area contributed by atoms with Gasteiger partial charge in [-0.2, -0.15) is 0 Å². The van der Waals surface area contributed by atoms with E-state index >= 15 is 0 Å². The van der Waals surface area contributed by atoms with Crippen molar-refractivity contribution in [2.24, 2.45) is 11.8 Å². The fraction of sp³-hybridized carbons (Fsp3) is 0.500. The molecule has 0 saturated carbocycles. The van der Waals surface area contributed by atoms with Gasteiger partial charge in [0.2, 0.25) is 0 Å². The second-order valence-electron chi connectivity index (χ2n) is 4.81. The number of hydrogen-bond donors (Lipinski definition) is 2. The fourth-order valence-electron chi connectivity index (χ4n) is 1.53. The molecule has 3 nitrogen and oxygen atoms in total. The van der Waals surface area contributed by atoms with E-state index in [0.717, 1.165) is 5.56 Å². The highest BCUT2D eigenvalue weighted by Gasteiger charge is 2.20. The van der Waals surface area contributed by atoms with Gasteiger partial charge in [0, 0.05) is 0 Å². The summed E-state index contributed by atoms with van der Waals surface area (Å²) in [5.74, 6) is 0.181. The Hall–Kier alpha value is -1.35. The number of benzene rings is 1. The Kier molecular flexibility index (Phi) is 5.16. The smallest absolute Gasteiger partial charge is 0.325 e. The average Bonchev–Trinajstić information content (AvgIpc) is 2.29. The zero-order chi connectivity index (χ0) is 12.8. The van der Waals surface area contributed by atoms with Crippen LogP contribution >= 0.6 is 0 Å². The van der Waals surface area contributed by atoms with Crippen LogP contribution in [0.3, 0.4) is 0 Å². The number of nitrogens with one attached hydrogen (secondary N) is 1. The molecule has 0 fully saturated rings. The number of aliphatic carboxylic acids is 1. The van der Waals surface area contributed by atoms with Gasteiger partial charge in [0.25, 0.3) is 0 Å². The highest BCUT2D eigenvalue weighted by molar-refractivity contribution is 5.75. The van der Waals surface area contributed by atoms with Crippen molar-refractivity contribution in [2.75, 3.05) is 6.54 Å². The quantitative estimate of drug-likeness (QED) is 0.797. The van der Waals surface area contributed by atoms with Crippen LogP contribution in [0, 0.1) is 11.8 Å². The predicted molar refractivity (Wildman–Crippen MR) is 68.8 cm³/mol. The molecule has 0 aliphatic carbocycles. The Morgan fingerprint density at radius 3 is 2.29 bits per heavy atom. The minimum atomic E-state index is -0.827. The molecule has 1 rings (SSSR count). The van der Waals surface area contributed by atoms with Crippen LogP contribution in [0.1, 0.15) is 32.4 Å². The number of rotatable bonds is 6. The molecule has 0 saturated heterocycles. The maximum atomic E-state index is 11.2. The molecule has 0 amide bonds. The van der Waals surface area contributed by atoms with Crippen molar-refractivity contribution < 1.29 is 9.90 Å². The molecule has 0 aliphatic heterocycles. The van der Waals surface area contributed by atoms with Gasteiger partial charge in [0.05, 0.1) is 0 Å². The van der Waals surface area contributed by atoms with Crippen molar-refractivity contribution in [1.82, 2.24) is 5.32 Å². The zero-order valence-electron chi connectivity index (χ0n) is 10.7. The Balaban J connectivity index is 2.66. The largest absolute Gasteiger partial charge is 0.480 e. The van der Waals surface area contributed by atoms with Crippen molar-refractivity contribution in [3.8, 4) is 0 Å². The lowest BCUT2D eigenvalue weighted by atomic mass is 9.97. The highest BCUT2D eigenvalue weighted by atomic mass is 16.4. The van der Waals surface area contributed by atoms with Crippen molar-refractivity contribution in [3.63, 3.8) is 0 Å². The summed E-state index contributed by atoms with van der Waals surface area (Å²) >= 11 is 0. The normalized spacial score (nSPS) is 14.6. The van der Waals surface area contributed by atoms with E-state index in [4.69, 9.17) is 0 Å². The minimum absolute atomic E-state index is 0.459. The van der Waals surface area contributed by atoms with Gasteiger partial charge in [-0.3, -0.25) is 4.79 Å². The second-order valence-corrected chi connectivity index (χ2v) is 4.81. The Morgan fingerprint density at radius 2 is 1.82 bits per heavy atom. The number of carboxylic acids is 1. The number of carboxylic acid groups (broad SMARTS) is 1. The van der Waals surface area contributed by atoms with Gasteiger partial charge in [-0.1, -0.05) is 51.1 Å². The monoisotopic (exact) mass is 235 g/mol. The topological polar surface area (TPSA) is 49.3 Å². The SMILES string of the molecule is CC(C)C(C)CNC(C(=O)O)c1ccccc1. The summed E-state index contributed by atoms with van der Waals surface area (Å²) in [6.07, 6.45) is 0. The van der Waals surface area contributed by atoms with Crippen LogP contribution in [0.2, 0.25) is 0 Å². The van der Waals surface area contributed by atoms with E-state index < -0.39 is 12.0 Å². The molecule has 2 N–H and O–H groups in total. The molecule has 1 aromatic rings. The van der Waals surface area contributed by atoms with E-state index in [0.29, 0.717) is 18.4 Å². The van der Waals surface area contributed by atoms with E-state index in [1.807, 2.05) is 30.3 Å². The van der Waals surface area contributed by atoms with Crippen molar-refractivity contribution in [2.45, 2.75) is 26.8 Å². The van der Waals surface area contributed by atoms with Crippen LogP contribution in [-0.4, -0.2) is 17.6 Å². The van der Waals surface area contributed by atoms with Gasteiger partial charge in [-0.25, -0.2) is 0 Å². The van der Waals surface area contributed by atoms with Gasteiger partial charge in [0.1, 0.15) is 6.04 Å². The third-order valence-electron chi connectivity index (χ3n) is 3.16. The molecular weight excluding hydrogens is 214 g/mol. The number of carbonyl (C=O) groups is 1. The van der Waals surface area contributed by atoms with Gasteiger partial charge >= 0.3 is 5.97 Å².